The van der Waals surface area contributed by atoms with E-state index in [1.165, 1.54) is 63.4 Å². The van der Waals surface area contributed by atoms with Crippen molar-refractivity contribution in [2.24, 2.45) is 0 Å². The molecule has 300 valence electrons. The molecule has 0 aliphatic carbocycles. The minimum atomic E-state index is -0.713. The summed E-state index contributed by atoms with van der Waals surface area (Å²) in [5, 5.41) is 21.4. The zero-order valence-corrected chi connectivity index (χ0v) is 34.1. The molecule has 2 aliphatic heterocycles. The van der Waals surface area contributed by atoms with Gasteiger partial charge in [0.25, 0.3) is 0 Å². The molecule has 2 saturated heterocycles. The Kier molecular flexibility index (Phi) is 13.9. The normalized spacial score (nSPS) is 20.1. The Morgan fingerprint density at radius 3 is 2.04 bits per heavy atom. The van der Waals surface area contributed by atoms with Gasteiger partial charge in [0.2, 0.25) is 11.8 Å². The monoisotopic (exact) mass is 832 g/mol. The number of nitrogens with zero attached hydrogens (tertiary/aromatic N) is 4. The number of ether oxygens (including phenoxy) is 2. The molecule has 3 amide bonds. The van der Waals surface area contributed by atoms with Gasteiger partial charge >= 0.3 is 12.2 Å². The molecule has 5 rings (SSSR count). The number of amides is 3. The number of likely N-dealkylation sites (tertiary alicyclic amines) is 2. The standard InChI is InChI=1S/C20H26BrFN2O4.C20H25FN2O4/c1-13(25)23(17-12-14(22)7-8-15(17)21)10-5-6-16-18(26)9-11-24(16)19(27)28-20(2,3)4;1-12(24)23-11-13(15-6-5-14(21)10-16(15)23)9-17-18(25)7-8-22(17)19(26)27-20(2,3)4/h5-8,12,16,18,26H,9-11H2,1-4H3;5-6,10-11,17-18,25H,7-9H2,1-4H3/b6-5+;/t16-,18+;17-,18+/m11/s1. The van der Waals surface area contributed by atoms with Crippen molar-refractivity contribution in [3.63, 3.8) is 0 Å². The van der Waals surface area contributed by atoms with E-state index in [0.29, 0.717) is 48.0 Å². The van der Waals surface area contributed by atoms with Crippen molar-refractivity contribution in [3.8, 4) is 0 Å². The van der Waals surface area contributed by atoms with Gasteiger partial charge in [-0.25, -0.2) is 18.4 Å². The molecule has 0 unspecified atom stereocenters. The molecule has 55 heavy (non-hydrogen) atoms. The molecular formula is C40H51BrF2N4O8. The van der Waals surface area contributed by atoms with Crippen LogP contribution < -0.4 is 4.90 Å². The van der Waals surface area contributed by atoms with E-state index in [9.17, 15) is 38.2 Å². The van der Waals surface area contributed by atoms with E-state index in [0.717, 1.165) is 10.9 Å². The number of aromatic nitrogens is 1. The zero-order chi connectivity index (χ0) is 41.0. The van der Waals surface area contributed by atoms with Crippen LogP contribution in [0.1, 0.15) is 78.6 Å². The maximum atomic E-state index is 13.6. The van der Waals surface area contributed by atoms with Crippen molar-refractivity contribution in [2.75, 3.05) is 24.5 Å². The number of anilines is 1. The minimum absolute atomic E-state index is 0.169. The topological polar surface area (TPSA) is 142 Å². The molecule has 2 fully saturated rings. The highest BCUT2D eigenvalue weighted by atomic mass is 79.9. The first-order valence-corrected chi connectivity index (χ1v) is 18.9. The van der Waals surface area contributed by atoms with Gasteiger partial charge in [0.15, 0.2) is 0 Å². The Labute approximate surface area is 328 Å². The SMILES string of the molecule is CC(=O)N(C/C=C/[C@@H]1[C@@H](O)CCN1C(=O)OC(C)(C)C)c1cc(F)ccc1Br.CC(=O)n1cc(C[C@@H]2[C@@H](O)CCN2C(=O)OC(C)(C)C)c2ccc(F)cc21. The maximum absolute atomic E-state index is 13.6. The molecule has 3 heterocycles. The van der Waals surface area contributed by atoms with Crippen LogP contribution >= 0.6 is 15.9 Å². The summed E-state index contributed by atoms with van der Waals surface area (Å²) in [6.45, 7) is 14.5. The number of benzene rings is 2. The van der Waals surface area contributed by atoms with Gasteiger partial charge in [0, 0.05) is 49.5 Å². The molecule has 4 atom stereocenters. The highest BCUT2D eigenvalue weighted by molar-refractivity contribution is 9.10. The number of halogens is 3. The first-order chi connectivity index (χ1) is 25.6. The van der Waals surface area contributed by atoms with E-state index >= 15 is 0 Å². The van der Waals surface area contributed by atoms with E-state index < -0.39 is 59.3 Å². The third-order valence-electron chi connectivity index (χ3n) is 9.00. The molecule has 2 aliphatic rings. The summed E-state index contributed by atoms with van der Waals surface area (Å²) in [5.74, 6) is -1.36. The van der Waals surface area contributed by atoms with Crippen LogP contribution in [-0.2, 0) is 20.7 Å². The van der Waals surface area contributed by atoms with Crippen molar-refractivity contribution in [2.45, 2.75) is 110 Å². The molecule has 2 N–H and O–H groups in total. The Balaban J connectivity index is 0.000000245. The highest BCUT2D eigenvalue weighted by Gasteiger charge is 2.39. The number of aliphatic hydroxyl groups is 2. The molecule has 12 nitrogen and oxygen atoms in total. The van der Waals surface area contributed by atoms with E-state index in [1.54, 1.807) is 66.0 Å². The summed E-state index contributed by atoms with van der Waals surface area (Å²) in [6.07, 6.45) is 3.93. The van der Waals surface area contributed by atoms with Crippen molar-refractivity contribution in [1.82, 2.24) is 14.4 Å². The second-order valence-corrected chi connectivity index (χ2v) is 16.5. The van der Waals surface area contributed by atoms with Crippen molar-refractivity contribution < 1.29 is 47.6 Å². The smallest absolute Gasteiger partial charge is 0.410 e. The summed E-state index contributed by atoms with van der Waals surface area (Å²) >= 11 is 3.33. The van der Waals surface area contributed by atoms with Gasteiger partial charge in [-0.15, -0.1) is 0 Å². The third-order valence-corrected chi connectivity index (χ3v) is 9.68. The fraction of sp³-hybridized carbons (Fsp3) is 0.500. The molecular weight excluding hydrogens is 782 g/mol. The zero-order valence-electron chi connectivity index (χ0n) is 32.5. The van der Waals surface area contributed by atoms with E-state index in [-0.39, 0.29) is 18.4 Å². The van der Waals surface area contributed by atoms with Gasteiger partial charge in [-0.1, -0.05) is 12.2 Å². The molecule has 3 aromatic rings. The minimum Gasteiger partial charge on any atom is -0.444 e. The fourth-order valence-corrected chi connectivity index (χ4v) is 6.97. The Hall–Kier alpha value is -4.34. The highest BCUT2D eigenvalue weighted by Crippen LogP contribution is 2.30. The van der Waals surface area contributed by atoms with Crippen LogP contribution in [0.5, 0.6) is 0 Å². The number of fused-ring (bicyclic) bond motifs is 1. The summed E-state index contributed by atoms with van der Waals surface area (Å²) in [4.78, 5) is 53.3. The van der Waals surface area contributed by atoms with Crippen LogP contribution in [0.3, 0.4) is 0 Å². The molecule has 0 bridgehead atoms. The summed E-state index contributed by atoms with van der Waals surface area (Å²) in [7, 11) is 0. The number of rotatable bonds is 6. The lowest BCUT2D eigenvalue weighted by Crippen LogP contribution is -2.43. The lowest BCUT2D eigenvalue weighted by Gasteiger charge is -2.29. The predicted molar refractivity (Wildman–Crippen MR) is 208 cm³/mol. The van der Waals surface area contributed by atoms with Gasteiger partial charge in [0.05, 0.1) is 35.5 Å². The maximum Gasteiger partial charge on any atom is 0.410 e. The molecule has 0 radical (unpaired) electrons. The number of carbonyl (C=O) groups excluding carboxylic acids is 4. The molecule has 0 saturated carbocycles. The van der Waals surface area contributed by atoms with E-state index in [1.807, 2.05) is 0 Å². The fourth-order valence-electron chi connectivity index (χ4n) is 6.51. The van der Waals surface area contributed by atoms with Crippen LogP contribution in [0.15, 0.2) is 59.2 Å². The Morgan fingerprint density at radius 2 is 1.44 bits per heavy atom. The van der Waals surface area contributed by atoms with Crippen LogP contribution in [-0.4, -0.2) is 104 Å². The molecule has 1 aromatic heterocycles. The average Bonchev–Trinajstić information content (AvgIpc) is 3.74. The van der Waals surface area contributed by atoms with Crippen LogP contribution in [0.4, 0.5) is 24.1 Å². The quantitative estimate of drug-likeness (QED) is 0.248. The summed E-state index contributed by atoms with van der Waals surface area (Å²) < 4.78 is 40.1. The number of hydrogen-bond donors (Lipinski definition) is 2. The van der Waals surface area contributed by atoms with Crippen molar-refractivity contribution in [3.05, 3.63) is 76.4 Å². The number of hydrogen-bond acceptors (Lipinski definition) is 8. The predicted octanol–water partition coefficient (Wildman–Crippen LogP) is 7.22. The van der Waals surface area contributed by atoms with Crippen LogP contribution in [0, 0.1) is 11.6 Å². The van der Waals surface area contributed by atoms with Gasteiger partial charge in [0.1, 0.15) is 22.8 Å². The van der Waals surface area contributed by atoms with E-state index in [2.05, 4.69) is 15.9 Å². The largest absolute Gasteiger partial charge is 0.444 e. The van der Waals surface area contributed by atoms with Crippen LogP contribution in [0.25, 0.3) is 10.9 Å². The first kappa shape index (κ1) is 43.4. The lowest BCUT2D eigenvalue weighted by molar-refractivity contribution is -0.116. The van der Waals surface area contributed by atoms with Gasteiger partial charge < -0.3 is 29.5 Å². The second-order valence-electron chi connectivity index (χ2n) is 15.7. The third kappa shape index (κ3) is 11.4. The Bertz CT molecular complexity index is 1920. The van der Waals surface area contributed by atoms with Gasteiger partial charge in [-0.05, 0) is 119 Å². The molecule has 15 heteroatoms. The molecule has 0 spiro atoms. The second kappa shape index (κ2) is 17.6. The van der Waals surface area contributed by atoms with Gasteiger partial charge in [-0.3, -0.25) is 19.1 Å². The summed E-state index contributed by atoms with van der Waals surface area (Å²) in [6, 6.07) is 7.39. The average molecular weight is 834 g/mol. The molecule has 2 aromatic carbocycles. The number of carbonyl (C=O) groups is 4. The lowest BCUT2D eigenvalue weighted by atomic mass is 10.0. The van der Waals surface area contributed by atoms with E-state index in [4.69, 9.17) is 9.47 Å². The van der Waals surface area contributed by atoms with Crippen molar-refractivity contribution in [1.29, 1.82) is 0 Å². The van der Waals surface area contributed by atoms with Gasteiger partial charge in [-0.2, -0.15) is 0 Å². The van der Waals surface area contributed by atoms with Crippen molar-refractivity contribution >= 4 is 56.5 Å². The van der Waals surface area contributed by atoms with Crippen LogP contribution in [0.2, 0.25) is 0 Å². The summed E-state index contributed by atoms with van der Waals surface area (Å²) in [5.41, 5.74) is 0.410. The number of aliphatic hydroxyl groups excluding tert-OH is 2. The Morgan fingerprint density at radius 1 is 0.873 bits per heavy atom. The first-order valence-electron chi connectivity index (χ1n) is 18.1.